The van der Waals surface area contributed by atoms with Crippen molar-refractivity contribution in [3.05, 3.63) is 41.7 Å². The van der Waals surface area contributed by atoms with Crippen molar-refractivity contribution in [3.8, 4) is 0 Å². The Labute approximate surface area is 94.6 Å². The second kappa shape index (κ2) is 4.20. The Hall–Kier alpha value is -2.44. The molecule has 2 rings (SSSR count). The molecule has 0 saturated heterocycles. The number of benzene rings is 1. The molecule has 0 bridgehead atoms. The number of carbonyl (C=O) groups is 1. The van der Waals surface area contributed by atoms with Crippen molar-refractivity contribution < 1.29 is 13.6 Å². The van der Waals surface area contributed by atoms with Gasteiger partial charge in [-0.2, -0.15) is 5.10 Å². The minimum absolute atomic E-state index is 0.0485. The Morgan fingerprint density at radius 1 is 1.35 bits per heavy atom. The van der Waals surface area contributed by atoms with Crippen LogP contribution in [0.1, 0.15) is 10.5 Å². The van der Waals surface area contributed by atoms with Crippen molar-refractivity contribution in [1.82, 2.24) is 10.2 Å². The van der Waals surface area contributed by atoms with E-state index in [0.29, 0.717) is 0 Å². The highest BCUT2D eigenvalue weighted by Gasteiger charge is 2.16. The normalized spacial score (nSPS) is 10.2. The van der Waals surface area contributed by atoms with E-state index in [1.165, 1.54) is 12.3 Å². The second-order valence-corrected chi connectivity index (χ2v) is 3.25. The predicted molar refractivity (Wildman–Crippen MR) is 57.3 cm³/mol. The lowest BCUT2D eigenvalue weighted by molar-refractivity contribution is 0.102. The van der Waals surface area contributed by atoms with Gasteiger partial charge in [0.25, 0.3) is 5.91 Å². The maximum atomic E-state index is 13.2. The number of H-pyrrole nitrogens is 1. The zero-order valence-corrected chi connectivity index (χ0v) is 8.50. The topological polar surface area (TPSA) is 83.8 Å². The van der Waals surface area contributed by atoms with Crippen LogP contribution in [0.2, 0.25) is 0 Å². The van der Waals surface area contributed by atoms with Gasteiger partial charge in [0.1, 0.15) is 23.0 Å². The first-order chi connectivity index (χ1) is 8.09. The van der Waals surface area contributed by atoms with Gasteiger partial charge in [-0.05, 0) is 12.1 Å². The van der Waals surface area contributed by atoms with Crippen LogP contribution in [0.15, 0.2) is 24.4 Å². The van der Waals surface area contributed by atoms with Crippen LogP contribution >= 0.6 is 0 Å². The summed E-state index contributed by atoms with van der Waals surface area (Å²) in [6.07, 6.45) is 1.23. The van der Waals surface area contributed by atoms with Crippen LogP contribution in [-0.2, 0) is 0 Å². The molecule has 1 aromatic carbocycles. The van der Waals surface area contributed by atoms with Crippen molar-refractivity contribution in [2.75, 3.05) is 11.1 Å². The number of nitrogen functional groups attached to an aromatic ring is 1. The molecule has 2 aromatic rings. The number of nitrogens with zero attached hydrogens (tertiary/aromatic N) is 1. The maximum absolute atomic E-state index is 13.2. The van der Waals surface area contributed by atoms with E-state index >= 15 is 0 Å². The number of rotatable bonds is 2. The zero-order valence-electron chi connectivity index (χ0n) is 8.50. The fourth-order valence-corrected chi connectivity index (χ4v) is 1.27. The minimum Gasteiger partial charge on any atom is -0.396 e. The van der Waals surface area contributed by atoms with E-state index in [4.69, 9.17) is 5.73 Å². The smallest absolute Gasteiger partial charge is 0.275 e. The van der Waals surface area contributed by atoms with Crippen LogP contribution in [0.4, 0.5) is 20.2 Å². The summed E-state index contributed by atoms with van der Waals surface area (Å²) in [7, 11) is 0. The van der Waals surface area contributed by atoms with E-state index in [1.54, 1.807) is 0 Å². The van der Waals surface area contributed by atoms with Crippen LogP contribution in [0.3, 0.4) is 0 Å². The van der Waals surface area contributed by atoms with Crippen LogP contribution in [0.25, 0.3) is 0 Å². The molecule has 0 spiro atoms. The van der Waals surface area contributed by atoms with Gasteiger partial charge < -0.3 is 11.1 Å². The largest absolute Gasteiger partial charge is 0.396 e. The number of nitrogens with one attached hydrogen (secondary N) is 2. The van der Waals surface area contributed by atoms with Gasteiger partial charge in [-0.15, -0.1) is 0 Å². The number of aromatic nitrogens is 2. The highest BCUT2D eigenvalue weighted by Crippen LogP contribution is 2.19. The summed E-state index contributed by atoms with van der Waals surface area (Å²) in [6, 6.07) is 3.27. The lowest BCUT2D eigenvalue weighted by atomic mass is 10.2. The molecule has 88 valence electrons. The van der Waals surface area contributed by atoms with Gasteiger partial charge in [0.05, 0.1) is 11.9 Å². The van der Waals surface area contributed by atoms with E-state index in [-0.39, 0.29) is 11.4 Å². The van der Waals surface area contributed by atoms with Crippen LogP contribution in [-0.4, -0.2) is 16.1 Å². The molecule has 0 aliphatic heterocycles. The molecule has 1 heterocycles. The first kappa shape index (κ1) is 11.1. The van der Waals surface area contributed by atoms with Crippen molar-refractivity contribution >= 4 is 17.3 Å². The van der Waals surface area contributed by atoms with Crippen LogP contribution in [0, 0.1) is 11.6 Å². The molecule has 4 N–H and O–H groups in total. The Morgan fingerprint density at radius 2 is 2.00 bits per heavy atom. The summed E-state index contributed by atoms with van der Waals surface area (Å²) in [4.78, 5) is 11.6. The van der Waals surface area contributed by atoms with Crippen molar-refractivity contribution in [1.29, 1.82) is 0 Å². The summed E-state index contributed by atoms with van der Waals surface area (Å²) in [5, 5.41) is 7.94. The zero-order chi connectivity index (χ0) is 12.4. The number of carbonyl (C=O) groups excluding carboxylic acids is 1. The molecule has 1 amide bonds. The van der Waals surface area contributed by atoms with E-state index in [1.807, 2.05) is 0 Å². The quantitative estimate of drug-likeness (QED) is 0.741. The van der Waals surface area contributed by atoms with Gasteiger partial charge in [-0.25, -0.2) is 8.78 Å². The molecule has 1 aromatic heterocycles. The average Bonchev–Trinajstić information content (AvgIpc) is 2.70. The molecular weight excluding hydrogens is 230 g/mol. The summed E-state index contributed by atoms with van der Waals surface area (Å²) in [5.74, 6) is -2.49. The van der Waals surface area contributed by atoms with Crippen molar-refractivity contribution in [3.63, 3.8) is 0 Å². The summed E-state index contributed by atoms with van der Waals surface area (Å²) in [5.41, 5.74) is 4.96. The number of amides is 1. The Kier molecular flexibility index (Phi) is 2.73. The lowest BCUT2D eigenvalue weighted by Gasteiger charge is -2.06. The molecule has 0 unspecified atom stereocenters. The van der Waals surface area contributed by atoms with Gasteiger partial charge in [-0.1, -0.05) is 6.07 Å². The summed E-state index contributed by atoms with van der Waals surface area (Å²) in [6.45, 7) is 0. The maximum Gasteiger partial charge on any atom is 0.275 e. The molecular formula is C10H8F2N4O. The van der Waals surface area contributed by atoms with E-state index < -0.39 is 23.2 Å². The van der Waals surface area contributed by atoms with Crippen molar-refractivity contribution in [2.45, 2.75) is 0 Å². The SMILES string of the molecule is Nc1cn[nH]c1C(=O)Nc1c(F)cccc1F. The highest BCUT2D eigenvalue weighted by molar-refractivity contribution is 6.06. The molecule has 0 aliphatic rings. The molecule has 17 heavy (non-hydrogen) atoms. The van der Waals surface area contributed by atoms with Gasteiger partial charge >= 0.3 is 0 Å². The highest BCUT2D eigenvalue weighted by atomic mass is 19.1. The van der Waals surface area contributed by atoms with Crippen LogP contribution in [0.5, 0.6) is 0 Å². The number of aromatic amines is 1. The number of hydrogen-bond donors (Lipinski definition) is 3. The number of hydrogen-bond acceptors (Lipinski definition) is 3. The molecule has 0 atom stereocenters. The Bertz CT molecular complexity index is 547. The monoisotopic (exact) mass is 238 g/mol. The van der Waals surface area contributed by atoms with E-state index in [2.05, 4.69) is 15.5 Å². The first-order valence-electron chi connectivity index (χ1n) is 4.64. The molecule has 5 nitrogen and oxygen atoms in total. The van der Waals surface area contributed by atoms with Crippen LogP contribution < -0.4 is 11.1 Å². The number of anilines is 2. The van der Waals surface area contributed by atoms with Gasteiger partial charge in [-0.3, -0.25) is 9.89 Å². The third-order valence-electron chi connectivity index (χ3n) is 2.10. The average molecular weight is 238 g/mol. The van der Waals surface area contributed by atoms with Crippen molar-refractivity contribution in [2.24, 2.45) is 0 Å². The first-order valence-corrected chi connectivity index (χ1v) is 4.64. The summed E-state index contributed by atoms with van der Waals surface area (Å²) >= 11 is 0. The van der Waals surface area contributed by atoms with Gasteiger partial charge in [0.2, 0.25) is 0 Å². The second-order valence-electron chi connectivity index (χ2n) is 3.25. The fraction of sp³-hybridized carbons (Fsp3) is 0. The number of nitrogens with two attached hydrogens (primary N) is 1. The standard InChI is InChI=1S/C10H8F2N4O/c11-5-2-1-3-6(12)8(5)15-10(17)9-7(13)4-14-16-9/h1-4H,13H2,(H,14,16)(H,15,17). The molecule has 7 heteroatoms. The summed E-state index contributed by atoms with van der Waals surface area (Å²) < 4.78 is 26.5. The minimum atomic E-state index is -0.864. The molecule has 0 fully saturated rings. The molecule has 0 radical (unpaired) electrons. The predicted octanol–water partition coefficient (Wildman–Crippen LogP) is 1.52. The Morgan fingerprint density at radius 3 is 2.53 bits per heavy atom. The lowest BCUT2D eigenvalue weighted by Crippen LogP contribution is -2.16. The van der Waals surface area contributed by atoms with Gasteiger partial charge in [0.15, 0.2) is 0 Å². The molecule has 0 saturated carbocycles. The number of para-hydroxylation sites is 1. The van der Waals surface area contributed by atoms with E-state index in [0.717, 1.165) is 12.1 Å². The third-order valence-corrected chi connectivity index (χ3v) is 2.10. The number of halogens is 2. The fourth-order valence-electron chi connectivity index (χ4n) is 1.27. The van der Waals surface area contributed by atoms with E-state index in [9.17, 15) is 13.6 Å². The molecule has 0 aliphatic carbocycles. The Balaban J connectivity index is 2.28. The third kappa shape index (κ3) is 2.07. The van der Waals surface area contributed by atoms with Gasteiger partial charge in [0, 0.05) is 0 Å².